The lowest BCUT2D eigenvalue weighted by Crippen LogP contribution is -2.57. The fraction of sp³-hybridized carbons (Fsp3) is 1.00. The third-order valence-corrected chi connectivity index (χ3v) is 8.34. The third-order valence-electron chi connectivity index (χ3n) is 8.34. The van der Waals surface area contributed by atoms with E-state index in [4.69, 9.17) is 9.57 Å². The molecule has 8 nitrogen and oxygen atoms in total. The van der Waals surface area contributed by atoms with E-state index in [0.29, 0.717) is 24.9 Å². The molecule has 0 spiro atoms. The van der Waals surface area contributed by atoms with E-state index < -0.39 is 12.5 Å². The molecule has 0 aromatic heterocycles. The van der Waals surface area contributed by atoms with Gasteiger partial charge in [0.15, 0.2) is 0 Å². The van der Waals surface area contributed by atoms with Gasteiger partial charge in [0.1, 0.15) is 6.23 Å². The van der Waals surface area contributed by atoms with Crippen molar-refractivity contribution in [2.24, 2.45) is 11.8 Å². The van der Waals surface area contributed by atoms with Crippen LogP contribution in [0.1, 0.15) is 51.4 Å². The van der Waals surface area contributed by atoms with Crippen molar-refractivity contribution < 1.29 is 27.5 Å². The zero-order chi connectivity index (χ0) is 23.5. The number of hydrogen-bond donors (Lipinski definition) is 3. The van der Waals surface area contributed by atoms with Gasteiger partial charge in [-0.2, -0.15) is 5.48 Å². The molecule has 0 aromatic carbocycles. The lowest BCUT2D eigenvalue weighted by atomic mass is 9.86. The second kappa shape index (κ2) is 11.2. The summed E-state index contributed by atoms with van der Waals surface area (Å²) >= 11 is 0. The Morgan fingerprint density at radius 3 is 2.59 bits per heavy atom. The summed E-state index contributed by atoms with van der Waals surface area (Å²) in [6, 6.07) is 0.249. The molecule has 0 aromatic rings. The van der Waals surface area contributed by atoms with E-state index >= 15 is 0 Å². The SMILES string of the molecule is FC(F)(F)OC1CCCC(CN2CCCC2C2NC(C3CCC(N4CCOCC4)NC3)NO2)C1. The van der Waals surface area contributed by atoms with Crippen molar-refractivity contribution in [3.63, 3.8) is 0 Å². The maximum atomic E-state index is 12.7. The van der Waals surface area contributed by atoms with Gasteiger partial charge in [-0.25, -0.2) is 0 Å². The van der Waals surface area contributed by atoms with Crippen LogP contribution in [-0.4, -0.2) is 92.8 Å². The number of ether oxygens (including phenoxy) is 2. The van der Waals surface area contributed by atoms with Gasteiger partial charge in [-0.15, -0.1) is 13.2 Å². The number of morpholine rings is 1. The second-order valence-corrected chi connectivity index (χ2v) is 10.6. The van der Waals surface area contributed by atoms with Gasteiger partial charge in [0.05, 0.1) is 37.7 Å². The number of nitrogens with zero attached hydrogens (tertiary/aromatic N) is 2. The number of piperidine rings is 1. The normalized spacial score (nSPS) is 41.2. The van der Waals surface area contributed by atoms with E-state index in [1.54, 1.807) is 0 Å². The van der Waals surface area contributed by atoms with Crippen LogP contribution < -0.4 is 16.1 Å². The van der Waals surface area contributed by atoms with Gasteiger partial charge < -0.3 is 10.1 Å². The summed E-state index contributed by atoms with van der Waals surface area (Å²) in [6.45, 7) is 6.37. The maximum absolute atomic E-state index is 12.7. The zero-order valence-corrected chi connectivity index (χ0v) is 19.9. The van der Waals surface area contributed by atoms with Gasteiger partial charge in [0.2, 0.25) is 0 Å². The molecule has 1 aliphatic carbocycles. The Balaban J connectivity index is 1.08. The van der Waals surface area contributed by atoms with E-state index in [-0.39, 0.29) is 24.4 Å². The lowest BCUT2D eigenvalue weighted by Gasteiger charge is -2.40. The summed E-state index contributed by atoms with van der Waals surface area (Å²) in [5.41, 5.74) is 3.25. The average Bonchev–Trinajstić information content (AvgIpc) is 3.48. The lowest BCUT2D eigenvalue weighted by molar-refractivity contribution is -0.346. The van der Waals surface area contributed by atoms with Gasteiger partial charge in [-0.1, -0.05) is 6.42 Å². The van der Waals surface area contributed by atoms with Crippen LogP contribution in [0.5, 0.6) is 0 Å². The molecule has 5 fully saturated rings. The fourth-order valence-corrected chi connectivity index (χ4v) is 6.62. The summed E-state index contributed by atoms with van der Waals surface area (Å²) in [5.74, 6) is 0.697. The van der Waals surface area contributed by atoms with Gasteiger partial charge in [0.25, 0.3) is 0 Å². The highest BCUT2D eigenvalue weighted by Crippen LogP contribution is 2.34. The summed E-state index contributed by atoms with van der Waals surface area (Å²) in [4.78, 5) is 10.9. The average molecular weight is 492 g/mol. The molecule has 5 rings (SSSR count). The predicted octanol–water partition coefficient (Wildman–Crippen LogP) is 1.98. The van der Waals surface area contributed by atoms with Crippen LogP contribution in [0.15, 0.2) is 0 Å². The molecule has 4 saturated heterocycles. The van der Waals surface area contributed by atoms with E-state index in [1.807, 2.05) is 0 Å². The van der Waals surface area contributed by atoms with Crippen molar-refractivity contribution in [3.05, 3.63) is 0 Å². The van der Waals surface area contributed by atoms with Crippen molar-refractivity contribution in [2.45, 2.75) is 88.4 Å². The van der Waals surface area contributed by atoms with E-state index in [1.165, 1.54) is 0 Å². The topological polar surface area (TPSA) is 70.3 Å². The molecule has 11 heteroatoms. The predicted molar refractivity (Wildman–Crippen MR) is 119 cm³/mol. The molecule has 196 valence electrons. The molecule has 0 bridgehead atoms. The number of hydrogen-bond acceptors (Lipinski definition) is 8. The van der Waals surface area contributed by atoms with Gasteiger partial charge in [0, 0.05) is 32.1 Å². The molecular formula is C23H40F3N5O3. The van der Waals surface area contributed by atoms with Crippen LogP contribution in [0, 0.1) is 11.8 Å². The Morgan fingerprint density at radius 2 is 1.82 bits per heavy atom. The van der Waals surface area contributed by atoms with Gasteiger partial charge >= 0.3 is 6.36 Å². The van der Waals surface area contributed by atoms with Crippen molar-refractivity contribution in [3.8, 4) is 0 Å². The quantitative estimate of drug-likeness (QED) is 0.521. The number of likely N-dealkylation sites (tertiary alicyclic amines) is 1. The van der Waals surface area contributed by atoms with Crippen LogP contribution >= 0.6 is 0 Å². The minimum absolute atomic E-state index is 0.0877. The molecule has 5 aliphatic rings. The Morgan fingerprint density at radius 1 is 0.971 bits per heavy atom. The molecule has 7 unspecified atom stereocenters. The highest BCUT2D eigenvalue weighted by molar-refractivity contribution is 4.93. The van der Waals surface area contributed by atoms with Crippen LogP contribution in [0.3, 0.4) is 0 Å². The molecule has 0 amide bonds. The molecule has 4 aliphatic heterocycles. The van der Waals surface area contributed by atoms with Crippen LogP contribution in [0.2, 0.25) is 0 Å². The highest BCUT2D eigenvalue weighted by atomic mass is 19.4. The number of alkyl halides is 3. The molecular weight excluding hydrogens is 451 g/mol. The number of hydroxylamine groups is 1. The first kappa shape index (κ1) is 25.1. The molecule has 3 N–H and O–H groups in total. The summed E-state index contributed by atoms with van der Waals surface area (Å²) in [7, 11) is 0. The molecule has 4 heterocycles. The van der Waals surface area contributed by atoms with E-state index in [2.05, 4.69) is 30.7 Å². The summed E-state index contributed by atoms with van der Waals surface area (Å²) < 4.78 is 47.8. The van der Waals surface area contributed by atoms with Crippen molar-refractivity contribution >= 4 is 0 Å². The first-order chi connectivity index (χ1) is 16.4. The van der Waals surface area contributed by atoms with E-state index in [9.17, 15) is 13.2 Å². The highest BCUT2D eigenvalue weighted by Gasteiger charge is 2.42. The van der Waals surface area contributed by atoms with Crippen LogP contribution in [0.4, 0.5) is 13.2 Å². The van der Waals surface area contributed by atoms with Crippen molar-refractivity contribution in [2.75, 3.05) is 45.9 Å². The smallest absolute Gasteiger partial charge is 0.379 e. The second-order valence-electron chi connectivity index (χ2n) is 10.6. The Kier molecular flexibility index (Phi) is 8.31. The van der Waals surface area contributed by atoms with Crippen LogP contribution in [-0.2, 0) is 14.3 Å². The standard InChI is InChI=1S/C23H40F3N5O3/c24-23(25,26)33-18-4-1-3-16(13-18)15-31-8-2-5-19(31)22-28-21(29-34-22)17-6-7-20(27-14-17)30-9-11-32-12-10-30/h16-22,27-29H,1-15H2. The molecule has 7 atom stereocenters. The Hall–Kier alpha value is -0.530. The van der Waals surface area contributed by atoms with Gasteiger partial charge in [-0.3, -0.25) is 24.7 Å². The third kappa shape index (κ3) is 6.42. The number of nitrogens with one attached hydrogen (secondary N) is 3. The largest absolute Gasteiger partial charge is 0.522 e. The molecule has 1 saturated carbocycles. The minimum atomic E-state index is -4.54. The number of halogens is 3. The van der Waals surface area contributed by atoms with Crippen molar-refractivity contribution in [1.82, 2.24) is 25.9 Å². The Bertz CT molecular complexity index is 646. The first-order valence-electron chi connectivity index (χ1n) is 13.2. The maximum Gasteiger partial charge on any atom is 0.522 e. The number of rotatable bonds is 6. The first-order valence-corrected chi connectivity index (χ1v) is 13.2. The zero-order valence-electron chi connectivity index (χ0n) is 19.9. The summed E-state index contributed by atoms with van der Waals surface area (Å²) in [5, 5.41) is 7.40. The minimum Gasteiger partial charge on any atom is -0.379 e. The molecule has 34 heavy (non-hydrogen) atoms. The fourth-order valence-electron chi connectivity index (χ4n) is 6.62. The Labute approximate surface area is 200 Å². The van der Waals surface area contributed by atoms with Crippen LogP contribution in [0.25, 0.3) is 0 Å². The van der Waals surface area contributed by atoms with Gasteiger partial charge in [-0.05, 0) is 57.4 Å². The molecule has 0 radical (unpaired) electrons. The van der Waals surface area contributed by atoms with E-state index in [0.717, 1.165) is 84.5 Å². The van der Waals surface area contributed by atoms with Crippen molar-refractivity contribution in [1.29, 1.82) is 0 Å². The summed E-state index contributed by atoms with van der Waals surface area (Å²) in [6.07, 6.45) is 2.37. The monoisotopic (exact) mass is 491 g/mol.